The third kappa shape index (κ3) is 3.58. The maximum absolute atomic E-state index is 11.7. The van der Waals surface area contributed by atoms with E-state index in [0.29, 0.717) is 23.8 Å². The quantitative estimate of drug-likeness (QED) is 0.783. The minimum absolute atomic E-state index is 0.243. The van der Waals surface area contributed by atoms with Gasteiger partial charge in [0.2, 0.25) is 5.76 Å². The predicted molar refractivity (Wildman–Crippen MR) is 80.2 cm³/mol. The van der Waals surface area contributed by atoms with Crippen molar-refractivity contribution in [3.63, 3.8) is 0 Å². The molecule has 0 radical (unpaired) electrons. The number of hydrogen-bond acceptors (Lipinski definition) is 4. The highest BCUT2D eigenvalue weighted by atomic mass is 35.5. The molecule has 0 unspecified atom stereocenters. The minimum atomic E-state index is -0.445. The Morgan fingerprint density at radius 1 is 1.33 bits per heavy atom. The zero-order valence-electron chi connectivity index (χ0n) is 12.2. The number of esters is 1. The van der Waals surface area contributed by atoms with Crippen LogP contribution in [0.2, 0.25) is 5.02 Å². The molecule has 5 heteroatoms. The van der Waals surface area contributed by atoms with Gasteiger partial charge in [0.15, 0.2) is 0 Å². The van der Waals surface area contributed by atoms with E-state index in [2.05, 4.69) is 0 Å². The summed E-state index contributed by atoms with van der Waals surface area (Å²) < 4.78 is 15.9. The maximum atomic E-state index is 11.7. The molecule has 0 amide bonds. The van der Waals surface area contributed by atoms with Crippen molar-refractivity contribution in [1.29, 1.82) is 0 Å². The van der Waals surface area contributed by atoms with Crippen LogP contribution in [0.15, 0.2) is 28.7 Å². The van der Waals surface area contributed by atoms with Gasteiger partial charge in [-0.15, -0.1) is 0 Å². The average Bonchev–Trinajstić information content (AvgIpc) is 2.80. The predicted octanol–water partition coefficient (Wildman–Crippen LogP) is 4.02. The molecule has 112 valence electrons. The van der Waals surface area contributed by atoms with E-state index in [0.717, 1.165) is 16.9 Å². The van der Waals surface area contributed by atoms with Gasteiger partial charge in [0.1, 0.15) is 11.5 Å². The van der Waals surface area contributed by atoms with Crippen molar-refractivity contribution < 1.29 is 18.7 Å². The van der Waals surface area contributed by atoms with E-state index in [4.69, 9.17) is 25.5 Å². The summed E-state index contributed by atoms with van der Waals surface area (Å²) in [7, 11) is 1.60. The van der Waals surface area contributed by atoms with Crippen molar-refractivity contribution in [1.82, 2.24) is 0 Å². The Hall–Kier alpha value is -1.94. The number of carbonyl (C=O) groups excluding carboxylic acids is 1. The molecule has 0 N–H and O–H groups in total. The second-order valence-corrected chi connectivity index (χ2v) is 5.01. The molecule has 0 atom stereocenters. The number of hydrogen-bond donors (Lipinski definition) is 0. The van der Waals surface area contributed by atoms with Crippen LogP contribution in [-0.4, -0.2) is 19.7 Å². The van der Waals surface area contributed by atoms with Gasteiger partial charge in [0.05, 0.1) is 13.7 Å². The van der Waals surface area contributed by atoms with Gasteiger partial charge in [0.25, 0.3) is 0 Å². The molecular weight excluding hydrogens is 292 g/mol. The van der Waals surface area contributed by atoms with Crippen molar-refractivity contribution in [2.24, 2.45) is 0 Å². The Labute approximate surface area is 128 Å². The summed E-state index contributed by atoms with van der Waals surface area (Å²) in [6.07, 6.45) is 0.490. The fourth-order valence-electron chi connectivity index (χ4n) is 2.11. The van der Waals surface area contributed by atoms with Crippen LogP contribution in [-0.2, 0) is 11.2 Å². The number of ether oxygens (including phenoxy) is 2. The van der Waals surface area contributed by atoms with Gasteiger partial charge in [-0.1, -0.05) is 11.6 Å². The van der Waals surface area contributed by atoms with E-state index in [1.54, 1.807) is 26.2 Å². The number of rotatable bonds is 5. The van der Waals surface area contributed by atoms with E-state index < -0.39 is 5.97 Å². The van der Waals surface area contributed by atoms with Crippen molar-refractivity contribution in [2.45, 2.75) is 20.3 Å². The Bertz CT molecular complexity index is 646. The van der Waals surface area contributed by atoms with Crippen molar-refractivity contribution in [2.75, 3.05) is 13.7 Å². The first-order valence-corrected chi connectivity index (χ1v) is 7.01. The Balaban J connectivity index is 2.26. The fraction of sp³-hybridized carbons (Fsp3) is 0.312. The molecule has 1 aromatic heterocycles. The van der Waals surface area contributed by atoms with E-state index in [1.807, 2.05) is 19.1 Å². The molecule has 4 nitrogen and oxygen atoms in total. The number of aryl methyl sites for hydroxylation is 1. The zero-order valence-corrected chi connectivity index (χ0v) is 13.0. The number of benzene rings is 1. The van der Waals surface area contributed by atoms with E-state index in [1.165, 1.54) is 0 Å². The molecule has 0 bridgehead atoms. The topological polar surface area (TPSA) is 48.7 Å². The second-order valence-electron chi connectivity index (χ2n) is 4.58. The van der Waals surface area contributed by atoms with Crippen LogP contribution in [0.25, 0.3) is 0 Å². The van der Waals surface area contributed by atoms with Crippen LogP contribution >= 0.6 is 11.6 Å². The van der Waals surface area contributed by atoms with Crippen LogP contribution in [0, 0.1) is 6.92 Å². The largest absolute Gasteiger partial charge is 0.496 e. The van der Waals surface area contributed by atoms with E-state index >= 15 is 0 Å². The summed E-state index contributed by atoms with van der Waals surface area (Å²) in [6, 6.07) is 7.22. The smallest absolute Gasteiger partial charge is 0.374 e. The molecule has 21 heavy (non-hydrogen) atoms. The first-order chi connectivity index (χ1) is 10.0. The second kappa shape index (κ2) is 6.68. The third-order valence-electron chi connectivity index (χ3n) is 3.04. The lowest BCUT2D eigenvalue weighted by Gasteiger charge is -2.07. The molecule has 0 fully saturated rings. The summed E-state index contributed by atoms with van der Waals surface area (Å²) in [5.74, 6) is 1.19. The van der Waals surface area contributed by atoms with Crippen LogP contribution in [0.3, 0.4) is 0 Å². The third-order valence-corrected chi connectivity index (χ3v) is 3.27. The standard InChI is InChI=1S/C16H17ClO4/c1-4-20-16(18)15-10(2)7-13(21-15)9-11-8-12(17)5-6-14(11)19-3/h5-8H,4,9H2,1-3H3. The maximum Gasteiger partial charge on any atom is 0.374 e. The lowest BCUT2D eigenvalue weighted by Crippen LogP contribution is -2.04. The fourth-order valence-corrected chi connectivity index (χ4v) is 2.30. The van der Waals surface area contributed by atoms with E-state index in [9.17, 15) is 4.79 Å². The molecule has 1 heterocycles. The highest BCUT2D eigenvalue weighted by molar-refractivity contribution is 6.30. The molecule has 0 aliphatic carbocycles. The lowest BCUT2D eigenvalue weighted by molar-refractivity contribution is 0.0487. The number of methoxy groups -OCH3 is 1. The van der Waals surface area contributed by atoms with Crippen LogP contribution in [0.5, 0.6) is 5.75 Å². The van der Waals surface area contributed by atoms with Gasteiger partial charge in [0, 0.05) is 22.6 Å². The molecule has 2 rings (SSSR count). The van der Waals surface area contributed by atoms with Gasteiger partial charge < -0.3 is 13.9 Å². The molecule has 0 saturated carbocycles. The van der Waals surface area contributed by atoms with E-state index in [-0.39, 0.29) is 5.76 Å². The monoisotopic (exact) mass is 308 g/mol. The van der Waals surface area contributed by atoms with Gasteiger partial charge in [-0.3, -0.25) is 0 Å². The molecule has 0 aliphatic rings. The molecule has 2 aromatic rings. The summed E-state index contributed by atoms with van der Waals surface area (Å²) in [5.41, 5.74) is 1.65. The molecule has 1 aromatic carbocycles. The highest BCUT2D eigenvalue weighted by Crippen LogP contribution is 2.27. The molecule has 0 spiro atoms. The summed E-state index contributed by atoms with van der Waals surface area (Å²) >= 11 is 6.01. The first-order valence-electron chi connectivity index (χ1n) is 6.64. The van der Waals surface area contributed by atoms with Gasteiger partial charge in [-0.05, 0) is 38.1 Å². The molecule has 0 aliphatic heterocycles. The van der Waals surface area contributed by atoms with Crippen molar-refractivity contribution in [3.05, 3.63) is 51.9 Å². The SMILES string of the molecule is CCOC(=O)c1oc(Cc2cc(Cl)ccc2OC)cc1C. The van der Waals surface area contributed by atoms with Gasteiger partial charge in [-0.2, -0.15) is 0 Å². The summed E-state index contributed by atoms with van der Waals surface area (Å²) in [5, 5.41) is 0.625. The van der Waals surface area contributed by atoms with Crippen LogP contribution in [0.4, 0.5) is 0 Å². The summed E-state index contributed by atoms with van der Waals surface area (Å²) in [4.78, 5) is 11.7. The Morgan fingerprint density at radius 3 is 2.76 bits per heavy atom. The van der Waals surface area contributed by atoms with Gasteiger partial charge >= 0.3 is 5.97 Å². The minimum Gasteiger partial charge on any atom is -0.496 e. The number of carbonyl (C=O) groups is 1. The summed E-state index contributed by atoms with van der Waals surface area (Å²) in [6.45, 7) is 3.89. The lowest BCUT2D eigenvalue weighted by atomic mass is 10.1. The molecule has 0 saturated heterocycles. The highest BCUT2D eigenvalue weighted by Gasteiger charge is 2.17. The van der Waals surface area contributed by atoms with Crippen LogP contribution < -0.4 is 4.74 Å². The Morgan fingerprint density at radius 2 is 2.10 bits per heavy atom. The zero-order chi connectivity index (χ0) is 15.4. The number of halogens is 1. The number of furan rings is 1. The van der Waals surface area contributed by atoms with Crippen molar-refractivity contribution >= 4 is 17.6 Å². The Kier molecular flexibility index (Phi) is 4.91. The molecular formula is C16H17ClO4. The van der Waals surface area contributed by atoms with Crippen LogP contribution in [0.1, 0.15) is 34.4 Å². The average molecular weight is 309 g/mol. The van der Waals surface area contributed by atoms with Crippen molar-refractivity contribution in [3.8, 4) is 5.75 Å². The normalized spacial score (nSPS) is 10.5. The first kappa shape index (κ1) is 15.4. The van der Waals surface area contributed by atoms with Gasteiger partial charge in [-0.25, -0.2) is 4.79 Å².